The maximum absolute atomic E-state index is 6.14. The summed E-state index contributed by atoms with van der Waals surface area (Å²) in [5.74, 6) is 2.43. The molecule has 27 heavy (non-hydrogen) atoms. The van der Waals surface area contributed by atoms with E-state index in [-0.39, 0.29) is 24.0 Å². The van der Waals surface area contributed by atoms with Crippen molar-refractivity contribution in [1.82, 2.24) is 10.2 Å². The average Bonchev–Trinajstić information content (AvgIpc) is 3.43. The first-order valence-electron chi connectivity index (χ1n) is 10.5. The lowest BCUT2D eigenvalue weighted by Crippen LogP contribution is -2.69. The molecule has 1 N–H and O–H groups in total. The van der Waals surface area contributed by atoms with Crippen LogP contribution in [0.25, 0.3) is 0 Å². The van der Waals surface area contributed by atoms with Crippen LogP contribution in [0.5, 0.6) is 0 Å². The molecule has 2 aliphatic carbocycles. The van der Waals surface area contributed by atoms with Crippen molar-refractivity contribution in [3.05, 3.63) is 35.9 Å². The molecule has 0 amide bonds. The molecule has 0 bridgehead atoms. The first-order chi connectivity index (χ1) is 12.8. The standard InChI is InChI=1S/C22H31N3O.HI/c1-23-21(25-13-9-17(15-25)16-7-3-2-4-8-16)24-19-18-10-14-26-20(18)22(19)11-5-6-12-22;/h2-4,7-8,17-20H,5-6,9-15H2,1H3,(H,23,24);1H. The summed E-state index contributed by atoms with van der Waals surface area (Å²) in [6.07, 6.45) is 8.33. The lowest BCUT2D eigenvalue weighted by Gasteiger charge is -2.57. The van der Waals surface area contributed by atoms with Gasteiger partial charge in [-0.05, 0) is 31.2 Å². The van der Waals surface area contributed by atoms with E-state index in [1.807, 2.05) is 7.05 Å². The van der Waals surface area contributed by atoms with Gasteiger partial charge in [0.25, 0.3) is 0 Å². The summed E-state index contributed by atoms with van der Waals surface area (Å²) in [6, 6.07) is 11.5. The third-order valence-electron chi connectivity index (χ3n) is 7.54. The number of fused-ring (bicyclic) bond motifs is 2. The Morgan fingerprint density at radius 2 is 1.96 bits per heavy atom. The van der Waals surface area contributed by atoms with Crippen molar-refractivity contribution in [2.75, 3.05) is 26.7 Å². The number of guanidine groups is 1. The van der Waals surface area contributed by atoms with Crippen LogP contribution >= 0.6 is 24.0 Å². The highest BCUT2D eigenvalue weighted by Crippen LogP contribution is 2.60. The Hall–Kier alpha value is -0.820. The Morgan fingerprint density at radius 1 is 1.19 bits per heavy atom. The third kappa shape index (κ3) is 3.18. The fourth-order valence-corrected chi connectivity index (χ4v) is 6.29. The molecule has 5 rings (SSSR count). The maximum atomic E-state index is 6.14. The van der Waals surface area contributed by atoms with Gasteiger partial charge in [-0.2, -0.15) is 0 Å². The van der Waals surface area contributed by atoms with Gasteiger partial charge in [0.1, 0.15) is 0 Å². The minimum atomic E-state index is 0. The first kappa shape index (κ1) is 19.5. The molecule has 2 saturated heterocycles. The molecule has 4 atom stereocenters. The van der Waals surface area contributed by atoms with Gasteiger partial charge in [0.2, 0.25) is 0 Å². The number of likely N-dealkylation sites (tertiary alicyclic amines) is 1. The minimum absolute atomic E-state index is 0. The van der Waals surface area contributed by atoms with Gasteiger partial charge in [-0.1, -0.05) is 43.2 Å². The zero-order valence-electron chi connectivity index (χ0n) is 16.3. The predicted octanol–water partition coefficient (Wildman–Crippen LogP) is 4.02. The topological polar surface area (TPSA) is 36.9 Å². The van der Waals surface area contributed by atoms with Crippen LogP contribution in [0.1, 0.15) is 50.0 Å². The lowest BCUT2D eigenvalue weighted by atomic mass is 9.54. The Balaban J connectivity index is 0.00000180. The summed E-state index contributed by atoms with van der Waals surface area (Å²) >= 11 is 0. The van der Waals surface area contributed by atoms with Crippen molar-refractivity contribution in [2.24, 2.45) is 16.3 Å². The zero-order chi connectivity index (χ0) is 17.6. The van der Waals surface area contributed by atoms with Crippen LogP contribution in [0.15, 0.2) is 35.3 Å². The van der Waals surface area contributed by atoms with E-state index >= 15 is 0 Å². The first-order valence-corrected chi connectivity index (χ1v) is 10.5. The number of hydrogen-bond donors (Lipinski definition) is 1. The zero-order valence-corrected chi connectivity index (χ0v) is 18.6. The van der Waals surface area contributed by atoms with Crippen LogP contribution in [0.4, 0.5) is 0 Å². The van der Waals surface area contributed by atoms with Crippen LogP contribution in [0.2, 0.25) is 0 Å². The van der Waals surface area contributed by atoms with Gasteiger partial charge in [0.15, 0.2) is 5.96 Å². The van der Waals surface area contributed by atoms with Crippen molar-refractivity contribution in [3.63, 3.8) is 0 Å². The molecule has 4 aliphatic rings. The second kappa shape index (κ2) is 7.90. The molecule has 2 saturated carbocycles. The van der Waals surface area contributed by atoms with E-state index < -0.39 is 0 Å². The molecule has 1 aromatic rings. The highest BCUT2D eigenvalue weighted by molar-refractivity contribution is 14.0. The van der Waals surface area contributed by atoms with Gasteiger partial charge in [0, 0.05) is 50.0 Å². The molecule has 4 nitrogen and oxygen atoms in total. The van der Waals surface area contributed by atoms with Crippen molar-refractivity contribution in [3.8, 4) is 0 Å². The fraction of sp³-hybridized carbons (Fsp3) is 0.682. The van der Waals surface area contributed by atoms with Gasteiger partial charge in [-0.15, -0.1) is 24.0 Å². The summed E-state index contributed by atoms with van der Waals surface area (Å²) in [4.78, 5) is 7.16. The molecular formula is C22H32IN3O. The highest BCUT2D eigenvalue weighted by Gasteiger charge is 2.65. The van der Waals surface area contributed by atoms with Gasteiger partial charge >= 0.3 is 0 Å². The van der Waals surface area contributed by atoms with Crippen LogP contribution in [0, 0.1) is 11.3 Å². The number of hydrogen-bond acceptors (Lipinski definition) is 2. The summed E-state index contributed by atoms with van der Waals surface area (Å²) in [5, 5.41) is 3.92. The van der Waals surface area contributed by atoms with E-state index in [9.17, 15) is 0 Å². The molecule has 2 heterocycles. The number of aliphatic imine (C=N–C) groups is 1. The fourth-order valence-electron chi connectivity index (χ4n) is 6.29. The van der Waals surface area contributed by atoms with Crippen LogP contribution in [-0.4, -0.2) is 49.7 Å². The van der Waals surface area contributed by atoms with E-state index in [0.29, 0.717) is 29.4 Å². The summed E-state index contributed by atoms with van der Waals surface area (Å²) in [7, 11) is 1.95. The second-order valence-corrected chi connectivity index (χ2v) is 8.70. The SMILES string of the molecule is CN=C(NC1C2CCOC2C12CCCC2)N1CCC(c2ccccc2)C1.I. The summed E-state index contributed by atoms with van der Waals surface area (Å²) in [6.45, 7) is 3.13. The van der Waals surface area contributed by atoms with Crippen LogP contribution in [-0.2, 0) is 4.74 Å². The molecule has 0 radical (unpaired) electrons. The summed E-state index contributed by atoms with van der Waals surface area (Å²) in [5.41, 5.74) is 1.85. The van der Waals surface area contributed by atoms with Crippen LogP contribution in [0.3, 0.4) is 0 Å². The smallest absolute Gasteiger partial charge is 0.193 e. The molecule has 1 aromatic carbocycles. The largest absolute Gasteiger partial charge is 0.377 e. The molecule has 0 aromatic heterocycles. The molecule has 5 heteroatoms. The number of benzene rings is 1. The average molecular weight is 481 g/mol. The lowest BCUT2D eigenvalue weighted by molar-refractivity contribution is -0.125. The number of halogens is 1. The molecular weight excluding hydrogens is 449 g/mol. The molecule has 2 aliphatic heterocycles. The van der Waals surface area contributed by atoms with Crippen molar-refractivity contribution in [2.45, 2.75) is 56.6 Å². The van der Waals surface area contributed by atoms with Crippen molar-refractivity contribution < 1.29 is 4.74 Å². The van der Waals surface area contributed by atoms with Gasteiger partial charge in [0.05, 0.1) is 6.10 Å². The van der Waals surface area contributed by atoms with Gasteiger partial charge < -0.3 is 15.0 Å². The predicted molar refractivity (Wildman–Crippen MR) is 120 cm³/mol. The Bertz CT molecular complexity index is 673. The molecule has 148 valence electrons. The number of nitrogens with one attached hydrogen (secondary N) is 1. The van der Waals surface area contributed by atoms with E-state index in [1.165, 1.54) is 44.1 Å². The number of rotatable bonds is 2. The van der Waals surface area contributed by atoms with E-state index in [2.05, 4.69) is 45.5 Å². The van der Waals surface area contributed by atoms with E-state index in [0.717, 1.165) is 25.7 Å². The number of nitrogens with zero attached hydrogens (tertiary/aromatic N) is 2. The van der Waals surface area contributed by atoms with E-state index in [4.69, 9.17) is 4.74 Å². The minimum Gasteiger partial charge on any atom is -0.377 e. The normalized spacial score (nSPS) is 34.3. The Labute approximate surface area is 180 Å². The Kier molecular flexibility index (Phi) is 5.70. The van der Waals surface area contributed by atoms with Gasteiger partial charge in [-0.25, -0.2) is 0 Å². The summed E-state index contributed by atoms with van der Waals surface area (Å²) < 4.78 is 6.14. The third-order valence-corrected chi connectivity index (χ3v) is 7.54. The van der Waals surface area contributed by atoms with Crippen molar-refractivity contribution in [1.29, 1.82) is 0 Å². The molecule has 4 unspecified atom stereocenters. The van der Waals surface area contributed by atoms with E-state index in [1.54, 1.807) is 0 Å². The number of ether oxygens (including phenoxy) is 1. The van der Waals surface area contributed by atoms with Crippen molar-refractivity contribution >= 4 is 29.9 Å². The van der Waals surface area contributed by atoms with Crippen LogP contribution < -0.4 is 5.32 Å². The maximum Gasteiger partial charge on any atom is 0.193 e. The highest BCUT2D eigenvalue weighted by atomic mass is 127. The molecule has 1 spiro atoms. The monoisotopic (exact) mass is 481 g/mol. The quantitative estimate of drug-likeness (QED) is 0.394. The van der Waals surface area contributed by atoms with Gasteiger partial charge in [-0.3, -0.25) is 4.99 Å². The second-order valence-electron chi connectivity index (χ2n) is 8.70. The Morgan fingerprint density at radius 3 is 2.70 bits per heavy atom. The molecule has 4 fully saturated rings.